The summed E-state index contributed by atoms with van der Waals surface area (Å²) in [5.41, 5.74) is 3.57. The van der Waals surface area contributed by atoms with Crippen LogP contribution in [-0.2, 0) is 11.2 Å². The first-order valence-electron chi connectivity index (χ1n) is 13.0. The number of ether oxygens (including phenoxy) is 2. The van der Waals surface area contributed by atoms with Crippen molar-refractivity contribution in [2.45, 2.75) is 12.8 Å². The standard InChI is InChI=1S/C28H31Cl2N7O3/c1-5-22(38)36-11-9-35(10-12-36)8-6-7-18-16-37-26-17(15-32-28(31-2)34-26)13-19(27(37)33-18)23-24(29)20(39-3)14-21(40-4)25(23)30/h5,13-16H,1,6-12H2,2-4H3,(H,31,32,34). The van der Waals surface area contributed by atoms with Gasteiger partial charge >= 0.3 is 0 Å². The lowest BCUT2D eigenvalue weighted by Crippen LogP contribution is -2.48. The normalized spacial score (nSPS) is 14.1. The van der Waals surface area contributed by atoms with Crippen LogP contribution in [-0.4, -0.2) is 89.1 Å². The molecule has 0 atom stereocenters. The fraction of sp³-hybridized carbons (Fsp3) is 0.357. The number of hydrogen-bond donors (Lipinski definition) is 1. The van der Waals surface area contributed by atoms with Crippen molar-refractivity contribution in [2.24, 2.45) is 0 Å². The number of aryl methyl sites for hydroxylation is 1. The molecule has 1 aliphatic heterocycles. The maximum absolute atomic E-state index is 11.9. The van der Waals surface area contributed by atoms with Gasteiger partial charge in [-0.2, -0.15) is 4.98 Å². The maximum atomic E-state index is 11.9. The molecule has 210 valence electrons. The van der Waals surface area contributed by atoms with E-state index in [1.165, 1.54) is 6.08 Å². The molecule has 1 aliphatic rings. The third-order valence-corrected chi connectivity index (χ3v) is 7.90. The highest BCUT2D eigenvalue weighted by Crippen LogP contribution is 2.47. The summed E-state index contributed by atoms with van der Waals surface area (Å²) < 4.78 is 13.0. The second-order valence-corrected chi connectivity index (χ2v) is 10.2. The average Bonchev–Trinajstić information content (AvgIpc) is 3.41. The highest BCUT2D eigenvalue weighted by molar-refractivity contribution is 6.41. The lowest BCUT2D eigenvalue weighted by atomic mass is 10.0. The minimum atomic E-state index is -0.00789. The summed E-state index contributed by atoms with van der Waals surface area (Å²) in [4.78, 5) is 30.2. The predicted molar refractivity (Wildman–Crippen MR) is 158 cm³/mol. The number of nitrogens with zero attached hydrogens (tertiary/aromatic N) is 6. The molecule has 4 aromatic rings. The van der Waals surface area contributed by atoms with Gasteiger partial charge in [0.2, 0.25) is 11.9 Å². The van der Waals surface area contributed by atoms with Crippen LogP contribution in [0.3, 0.4) is 0 Å². The van der Waals surface area contributed by atoms with Crippen molar-refractivity contribution in [3.8, 4) is 22.6 Å². The number of imidazole rings is 1. The molecule has 1 fully saturated rings. The highest BCUT2D eigenvalue weighted by atomic mass is 35.5. The van der Waals surface area contributed by atoms with Crippen LogP contribution in [0, 0.1) is 0 Å². The van der Waals surface area contributed by atoms with Gasteiger partial charge in [0.1, 0.15) is 17.1 Å². The molecule has 10 nitrogen and oxygen atoms in total. The Hall–Kier alpha value is -3.60. The number of benzene rings is 1. The second kappa shape index (κ2) is 11.9. The third-order valence-electron chi connectivity index (χ3n) is 7.15. The monoisotopic (exact) mass is 583 g/mol. The van der Waals surface area contributed by atoms with E-state index in [0.717, 1.165) is 49.1 Å². The van der Waals surface area contributed by atoms with Crippen molar-refractivity contribution < 1.29 is 14.3 Å². The van der Waals surface area contributed by atoms with E-state index in [9.17, 15) is 4.79 Å². The minimum absolute atomic E-state index is 0.00789. The van der Waals surface area contributed by atoms with E-state index in [1.54, 1.807) is 33.5 Å². The molecule has 0 radical (unpaired) electrons. The fourth-order valence-electron chi connectivity index (χ4n) is 5.03. The molecule has 12 heteroatoms. The summed E-state index contributed by atoms with van der Waals surface area (Å²) in [7, 11) is 4.87. The van der Waals surface area contributed by atoms with Crippen LogP contribution in [0.4, 0.5) is 5.95 Å². The molecule has 1 saturated heterocycles. The smallest absolute Gasteiger partial charge is 0.246 e. The number of hydrogen-bond acceptors (Lipinski definition) is 8. The van der Waals surface area contributed by atoms with E-state index in [-0.39, 0.29) is 5.91 Å². The van der Waals surface area contributed by atoms with Crippen LogP contribution >= 0.6 is 23.2 Å². The van der Waals surface area contributed by atoms with Crippen LogP contribution in [0.2, 0.25) is 10.0 Å². The zero-order chi connectivity index (χ0) is 28.4. The molecule has 1 N–H and O–H groups in total. The Bertz CT molecular complexity index is 1550. The van der Waals surface area contributed by atoms with Gasteiger partial charge in [-0.3, -0.25) is 14.1 Å². The zero-order valence-electron chi connectivity index (χ0n) is 22.7. The first kappa shape index (κ1) is 27.9. The lowest BCUT2D eigenvalue weighted by Gasteiger charge is -2.34. The molecule has 1 amide bonds. The molecule has 0 saturated carbocycles. The number of rotatable bonds is 9. The molecule has 3 aromatic heterocycles. The maximum Gasteiger partial charge on any atom is 0.246 e. The number of halogens is 2. The molecule has 0 spiro atoms. The SMILES string of the molecule is C=CC(=O)N1CCN(CCCc2cn3c(n2)c(-c2c(Cl)c(OC)cc(OC)c2Cl)cc2cnc(NC)nc23)CC1. The van der Waals surface area contributed by atoms with Gasteiger partial charge in [0, 0.05) is 68.2 Å². The summed E-state index contributed by atoms with van der Waals surface area (Å²) >= 11 is 13.6. The van der Waals surface area contributed by atoms with Gasteiger partial charge in [0.25, 0.3) is 0 Å². The summed E-state index contributed by atoms with van der Waals surface area (Å²) in [6, 6.07) is 3.61. The second-order valence-electron chi connectivity index (χ2n) is 9.47. The molecular formula is C28H31Cl2N7O3. The molecule has 0 aliphatic carbocycles. The molecule has 0 unspecified atom stereocenters. The van der Waals surface area contributed by atoms with E-state index in [0.29, 0.717) is 57.4 Å². The third kappa shape index (κ3) is 5.26. The number of amides is 1. The van der Waals surface area contributed by atoms with Crippen molar-refractivity contribution >= 4 is 51.7 Å². The highest BCUT2D eigenvalue weighted by Gasteiger charge is 2.24. The number of piperazine rings is 1. The Morgan fingerprint density at radius 1 is 1.07 bits per heavy atom. The Morgan fingerprint density at radius 2 is 1.77 bits per heavy atom. The van der Waals surface area contributed by atoms with Crippen LogP contribution in [0.1, 0.15) is 12.1 Å². The van der Waals surface area contributed by atoms with E-state index in [2.05, 4.69) is 21.8 Å². The molecule has 5 rings (SSSR count). The van der Waals surface area contributed by atoms with Gasteiger partial charge < -0.3 is 19.7 Å². The van der Waals surface area contributed by atoms with Crippen molar-refractivity contribution in [1.29, 1.82) is 0 Å². The van der Waals surface area contributed by atoms with E-state index in [1.807, 2.05) is 21.6 Å². The number of aromatic nitrogens is 4. The summed E-state index contributed by atoms with van der Waals surface area (Å²) in [5.74, 6) is 1.38. The van der Waals surface area contributed by atoms with E-state index < -0.39 is 0 Å². The first-order chi connectivity index (χ1) is 19.4. The first-order valence-corrected chi connectivity index (χ1v) is 13.7. The van der Waals surface area contributed by atoms with Gasteiger partial charge in [0.05, 0.1) is 30.0 Å². The zero-order valence-corrected chi connectivity index (χ0v) is 24.2. The van der Waals surface area contributed by atoms with Crippen molar-refractivity contribution in [1.82, 2.24) is 29.2 Å². The van der Waals surface area contributed by atoms with Crippen LogP contribution < -0.4 is 14.8 Å². The van der Waals surface area contributed by atoms with Crippen LogP contribution in [0.5, 0.6) is 11.5 Å². The van der Waals surface area contributed by atoms with Gasteiger partial charge in [-0.15, -0.1) is 0 Å². The number of pyridine rings is 1. The summed E-state index contributed by atoms with van der Waals surface area (Å²) in [5, 5.41) is 4.52. The average molecular weight is 585 g/mol. The van der Waals surface area contributed by atoms with Crippen LogP contribution in [0.15, 0.2) is 37.2 Å². The lowest BCUT2D eigenvalue weighted by molar-refractivity contribution is -0.127. The Kier molecular flexibility index (Phi) is 8.30. The molecule has 0 bridgehead atoms. The number of nitrogens with one attached hydrogen (secondary N) is 1. The van der Waals surface area contributed by atoms with Gasteiger partial charge in [-0.05, 0) is 31.5 Å². The van der Waals surface area contributed by atoms with Gasteiger partial charge in [0.15, 0.2) is 5.65 Å². The van der Waals surface area contributed by atoms with Gasteiger partial charge in [-0.25, -0.2) is 9.97 Å². The number of carbonyl (C=O) groups is 1. The van der Waals surface area contributed by atoms with E-state index in [4.69, 9.17) is 42.6 Å². The quantitative estimate of drug-likeness (QED) is 0.286. The van der Waals surface area contributed by atoms with Crippen molar-refractivity contribution in [3.63, 3.8) is 0 Å². The van der Waals surface area contributed by atoms with Gasteiger partial charge in [-0.1, -0.05) is 29.8 Å². The van der Waals surface area contributed by atoms with Crippen LogP contribution in [0.25, 0.3) is 27.8 Å². The number of methoxy groups -OCH3 is 2. The molecular weight excluding hydrogens is 553 g/mol. The topological polar surface area (TPSA) is 97.1 Å². The Labute approximate surface area is 242 Å². The minimum Gasteiger partial charge on any atom is -0.495 e. The Balaban J connectivity index is 1.50. The summed E-state index contributed by atoms with van der Waals surface area (Å²) in [6.45, 7) is 7.62. The Morgan fingerprint density at radius 3 is 2.40 bits per heavy atom. The van der Waals surface area contributed by atoms with Crippen molar-refractivity contribution in [2.75, 3.05) is 59.3 Å². The van der Waals surface area contributed by atoms with E-state index >= 15 is 0 Å². The number of fused-ring (bicyclic) bond motifs is 3. The molecule has 40 heavy (non-hydrogen) atoms. The number of anilines is 1. The predicted octanol–water partition coefficient (Wildman–Crippen LogP) is 4.57. The van der Waals surface area contributed by atoms with Crippen molar-refractivity contribution in [3.05, 3.63) is 52.9 Å². The summed E-state index contributed by atoms with van der Waals surface area (Å²) in [6.07, 6.45) is 6.82. The number of carbonyl (C=O) groups excluding carboxylic acids is 1. The molecule has 1 aromatic carbocycles. The largest absolute Gasteiger partial charge is 0.495 e. The molecule has 4 heterocycles. The fourth-order valence-corrected chi connectivity index (χ4v) is 5.73.